The third-order valence-corrected chi connectivity index (χ3v) is 6.97. The molecule has 2 unspecified atom stereocenters. The highest BCUT2D eigenvalue weighted by molar-refractivity contribution is 7.19. The smallest absolute Gasteiger partial charge is 0.224 e. The average Bonchev–Trinajstić information content (AvgIpc) is 3.18. The zero-order chi connectivity index (χ0) is 17.7. The van der Waals surface area contributed by atoms with Gasteiger partial charge >= 0.3 is 0 Å². The topological polar surface area (TPSA) is 44.7 Å². The molecule has 0 N–H and O–H groups in total. The molecule has 6 nitrogen and oxygen atoms in total. The summed E-state index contributed by atoms with van der Waals surface area (Å²) in [4.78, 5) is 17.7. The van der Waals surface area contributed by atoms with E-state index in [1.54, 1.807) is 0 Å². The number of fused-ring (bicyclic) bond motifs is 3. The molecule has 3 aliphatic rings. The molecule has 8 heteroatoms. The lowest BCUT2D eigenvalue weighted by Crippen LogP contribution is -2.43. The molecule has 26 heavy (non-hydrogen) atoms. The maximum absolute atomic E-state index is 6.26. The van der Waals surface area contributed by atoms with Gasteiger partial charge in [0.1, 0.15) is 0 Å². The third-order valence-electron chi connectivity index (χ3n) is 5.70. The van der Waals surface area contributed by atoms with E-state index in [0.29, 0.717) is 17.5 Å². The molecule has 2 aromatic heterocycles. The lowest BCUT2D eigenvalue weighted by Gasteiger charge is -2.33. The first-order chi connectivity index (χ1) is 12.6. The Kier molecular flexibility index (Phi) is 4.53. The number of hydrogen-bond acceptors (Lipinski definition) is 7. The van der Waals surface area contributed by atoms with Gasteiger partial charge in [-0.25, -0.2) is 4.98 Å². The number of thiophene rings is 1. The molecule has 0 aromatic carbocycles. The van der Waals surface area contributed by atoms with Crippen LogP contribution < -0.4 is 4.90 Å². The number of anilines is 1. The van der Waals surface area contributed by atoms with Gasteiger partial charge in [-0.15, -0.1) is 11.3 Å². The summed E-state index contributed by atoms with van der Waals surface area (Å²) in [6, 6.07) is 2.20. The SMILES string of the molecule is CN1CCN(Cc2cc3nc(Cl)nc(N4CC5CCC(C4)O5)c3s2)CC1. The van der Waals surface area contributed by atoms with Crippen LogP contribution in [-0.2, 0) is 11.3 Å². The van der Waals surface area contributed by atoms with Gasteiger partial charge in [0.05, 0.1) is 22.4 Å². The molecule has 5 heterocycles. The molecule has 3 aliphatic heterocycles. The molecular weight excluding hydrogens is 370 g/mol. The number of piperazine rings is 1. The summed E-state index contributed by atoms with van der Waals surface area (Å²) in [5.41, 5.74) is 0.980. The van der Waals surface area contributed by atoms with E-state index < -0.39 is 0 Å². The van der Waals surface area contributed by atoms with Gasteiger partial charge in [-0.3, -0.25) is 4.90 Å². The number of rotatable bonds is 3. The van der Waals surface area contributed by atoms with Crippen molar-refractivity contribution in [3.05, 3.63) is 16.2 Å². The Morgan fingerprint density at radius 2 is 1.88 bits per heavy atom. The predicted octanol–water partition coefficient (Wildman–Crippen LogP) is 2.46. The van der Waals surface area contributed by atoms with Crippen LogP contribution >= 0.6 is 22.9 Å². The van der Waals surface area contributed by atoms with E-state index in [1.807, 2.05) is 11.3 Å². The van der Waals surface area contributed by atoms with Gasteiger partial charge in [-0.05, 0) is 37.6 Å². The second kappa shape index (κ2) is 6.87. The minimum atomic E-state index is 0.335. The molecule has 0 spiro atoms. The fourth-order valence-electron chi connectivity index (χ4n) is 4.24. The minimum absolute atomic E-state index is 0.335. The molecule has 3 saturated heterocycles. The molecule has 0 radical (unpaired) electrons. The van der Waals surface area contributed by atoms with E-state index in [4.69, 9.17) is 16.3 Å². The van der Waals surface area contributed by atoms with E-state index in [1.165, 1.54) is 9.58 Å². The Hall–Kier alpha value is -0.990. The summed E-state index contributed by atoms with van der Waals surface area (Å²) in [5, 5.41) is 0.343. The van der Waals surface area contributed by atoms with Crippen molar-refractivity contribution in [1.82, 2.24) is 19.8 Å². The number of ether oxygens (including phenoxy) is 1. The first-order valence-electron chi connectivity index (χ1n) is 9.41. The highest BCUT2D eigenvalue weighted by atomic mass is 35.5. The minimum Gasteiger partial charge on any atom is -0.371 e. The Morgan fingerprint density at radius 3 is 2.62 bits per heavy atom. The molecule has 2 aromatic rings. The second-order valence-electron chi connectivity index (χ2n) is 7.69. The Bertz CT molecular complexity index is 794. The van der Waals surface area contributed by atoms with Gasteiger partial charge in [-0.2, -0.15) is 4.98 Å². The summed E-state index contributed by atoms with van der Waals surface area (Å²) in [6.45, 7) is 7.32. The molecule has 140 valence electrons. The third kappa shape index (κ3) is 3.31. The molecule has 0 saturated carbocycles. The number of aromatic nitrogens is 2. The first-order valence-corrected chi connectivity index (χ1v) is 10.6. The summed E-state index contributed by atoms with van der Waals surface area (Å²) in [6.07, 6.45) is 2.98. The van der Waals surface area contributed by atoms with Crippen molar-refractivity contribution in [2.75, 3.05) is 51.2 Å². The van der Waals surface area contributed by atoms with Gasteiger partial charge < -0.3 is 14.5 Å². The fourth-order valence-corrected chi connectivity index (χ4v) is 5.57. The summed E-state index contributed by atoms with van der Waals surface area (Å²) < 4.78 is 7.15. The van der Waals surface area contributed by atoms with Gasteiger partial charge in [0.25, 0.3) is 0 Å². The van der Waals surface area contributed by atoms with Crippen LogP contribution in [0.1, 0.15) is 17.7 Å². The summed E-state index contributed by atoms with van der Waals surface area (Å²) >= 11 is 8.08. The molecular formula is C18H24ClN5OS. The van der Waals surface area contributed by atoms with E-state index in [0.717, 1.165) is 70.0 Å². The maximum Gasteiger partial charge on any atom is 0.224 e. The monoisotopic (exact) mass is 393 g/mol. The summed E-state index contributed by atoms with van der Waals surface area (Å²) in [5.74, 6) is 0.995. The van der Waals surface area contributed by atoms with Crippen LogP contribution in [0.2, 0.25) is 5.28 Å². The number of nitrogens with zero attached hydrogens (tertiary/aromatic N) is 5. The van der Waals surface area contributed by atoms with Gasteiger partial charge in [0.15, 0.2) is 5.82 Å². The number of hydrogen-bond donors (Lipinski definition) is 0. The first kappa shape index (κ1) is 17.1. The lowest BCUT2D eigenvalue weighted by atomic mass is 10.2. The van der Waals surface area contributed by atoms with Crippen LogP contribution in [0.25, 0.3) is 10.2 Å². The quantitative estimate of drug-likeness (QED) is 0.746. The number of likely N-dealkylation sites (N-methyl/N-ethyl adjacent to an activating group) is 1. The van der Waals surface area contributed by atoms with E-state index >= 15 is 0 Å². The van der Waals surface area contributed by atoms with Crippen molar-refractivity contribution >= 4 is 39.0 Å². The van der Waals surface area contributed by atoms with Crippen LogP contribution in [0.5, 0.6) is 0 Å². The fraction of sp³-hybridized carbons (Fsp3) is 0.667. The van der Waals surface area contributed by atoms with E-state index in [9.17, 15) is 0 Å². The van der Waals surface area contributed by atoms with Crippen LogP contribution in [0, 0.1) is 0 Å². The Balaban J connectivity index is 1.42. The highest BCUT2D eigenvalue weighted by Gasteiger charge is 2.35. The van der Waals surface area contributed by atoms with Crippen molar-refractivity contribution in [3.63, 3.8) is 0 Å². The van der Waals surface area contributed by atoms with Crippen LogP contribution in [0.15, 0.2) is 6.07 Å². The molecule has 0 aliphatic carbocycles. The van der Waals surface area contributed by atoms with Gasteiger partial charge in [0.2, 0.25) is 5.28 Å². The Morgan fingerprint density at radius 1 is 1.15 bits per heavy atom. The zero-order valence-electron chi connectivity index (χ0n) is 15.0. The molecule has 3 fully saturated rings. The van der Waals surface area contributed by atoms with Crippen molar-refractivity contribution < 1.29 is 4.74 Å². The number of halogens is 1. The second-order valence-corrected chi connectivity index (χ2v) is 9.16. The number of morpholine rings is 1. The van der Waals surface area contributed by atoms with Crippen LogP contribution in [0.4, 0.5) is 5.82 Å². The highest BCUT2D eigenvalue weighted by Crippen LogP contribution is 2.37. The van der Waals surface area contributed by atoms with Gasteiger partial charge in [0, 0.05) is 50.7 Å². The molecule has 2 atom stereocenters. The van der Waals surface area contributed by atoms with E-state index in [2.05, 4.69) is 37.8 Å². The average molecular weight is 394 g/mol. The molecule has 2 bridgehead atoms. The van der Waals surface area contributed by atoms with Crippen molar-refractivity contribution in [2.45, 2.75) is 31.6 Å². The van der Waals surface area contributed by atoms with E-state index in [-0.39, 0.29) is 0 Å². The van der Waals surface area contributed by atoms with Crippen molar-refractivity contribution in [2.24, 2.45) is 0 Å². The standard InChI is InChI=1S/C18H24ClN5OS/c1-22-4-6-23(7-5-22)11-14-8-15-16(26-14)17(21-18(19)20-15)24-9-12-2-3-13(10-24)25-12/h8,12-13H,2-7,9-11H2,1H3. The largest absolute Gasteiger partial charge is 0.371 e. The van der Waals surface area contributed by atoms with Crippen molar-refractivity contribution in [1.29, 1.82) is 0 Å². The summed E-state index contributed by atoms with van der Waals surface area (Å²) in [7, 11) is 2.19. The molecule has 0 amide bonds. The molecule has 5 rings (SSSR count). The zero-order valence-corrected chi connectivity index (χ0v) is 16.6. The lowest BCUT2D eigenvalue weighted by molar-refractivity contribution is 0.0303. The van der Waals surface area contributed by atoms with Crippen LogP contribution in [0.3, 0.4) is 0 Å². The maximum atomic E-state index is 6.26. The van der Waals surface area contributed by atoms with Crippen molar-refractivity contribution in [3.8, 4) is 0 Å². The van der Waals surface area contributed by atoms with Gasteiger partial charge in [-0.1, -0.05) is 0 Å². The van der Waals surface area contributed by atoms with Crippen LogP contribution in [-0.4, -0.2) is 78.3 Å². The normalized spacial score (nSPS) is 27.5. The predicted molar refractivity (Wildman–Crippen MR) is 105 cm³/mol. The Labute approximate surface area is 162 Å².